The van der Waals surface area contributed by atoms with E-state index in [1.165, 1.54) is 88.4 Å². The van der Waals surface area contributed by atoms with E-state index in [4.69, 9.17) is 0 Å². The lowest BCUT2D eigenvalue weighted by Gasteiger charge is -2.12. The van der Waals surface area contributed by atoms with E-state index in [-0.39, 0.29) is 0 Å². The summed E-state index contributed by atoms with van der Waals surface area (Å²) in [5.41, 5.74) is 14.8. The third-order valence-electron chi connectivity index (χ3n) is 9.60. The fourth-order valence-corrected chi connectivity index (χ4v) is 7.40. The Hall–Kier alpha value is -5.86. The van der Waals surface area contributed by atoms with Gasteiger partial charge in [-0.25, -0.2) is 0 Å². The fourth-order valence-electron chi connectivity index (χ4n) is 7.40. The van der Waals surface area contributed by atoms with Crippen molar-refractivity contribution in [2.45, 2.75) is 13.8 Å². The maximum Gasteiger partial charge on any atom is 0.0542 e. The standard InChI is InChI=1S/C44H32N2/c1-29-12-3-5-16-35(29)31-14-11-15-33(26-31)45-42-21-10-8-19-38(42)40-28-34(23-25-44(40)45)46-41-20-9-7-18-37(41)39-27-32(22-24-43(39)46)36-17-6-4-13-30(36)2/h3-28H,1-2H3. The minimum absolute atomic E-state index is 1.17. The van der Waals surface area contributed by atoms with Crippen LogP contribution in [0.3, 0.4) is 0 Å². The van der Waals surface area contributed by atoms with Gasteiger partial charge in [0.2, 0.25) is 0 Å². The molecule has 0 atom stereocenters. The van der Waals surface area contributed by atoms with Gasteiger partial charge in [-0.1, -0.05) is 103 Å². The minimum Gasteiger partial charge on any atom is -0.309 e. The number of benzene rings is 7. The van der Waals surface area contributed by atoms with E-state index in [0.29, 0.717) is 0 Å². The Morgan fingerprint density at radius 3 is 1.43 bits per heavy atom. The summed E-state index contributed by atoms with van der Waals surface area (Å²) in [5.74, 6) is 0. The molecule has 0 aliphatic carbocycles. The molecule has 2 nitrogen and oxygen atoms in total. The minimum atomic E-state index is 1.17. The van der Waals surface area contributed by atoms with Crippen molar-refractivity contribution >= 4 is 43.6 Å². The number of hydrogen-bond donors (Lipinski definition) is 0. The zero-order valence-electron chi connectivity index (χ0n) is 25.9. The van der Waals surface area contributed by atoms with Gasteiger partial charge in [-0.15, -0.1) is 0 Å². The van der Waals surface area contributed by atoms with E-state index in [2.05, 4.69) is 181 Å². The lowest BCUT2D eigenvalue weighted by molar-refractivity contribution is 1.17. The normalized spacial score (nSPS) is 11.7. The molecule has 2 aromatic heterocycles. The van der Waals surface area contributed by atoms with Crippen LogP contribution in [0.15, 0.2) is 158 Å². The Labute approximate surface area is 268 Å². The smallest absolute Gasteiger partial charge is 0.0542 e. The van der Waals surface area contributed by atoms with Gasteiger partial charge >= 0.3 is 0 Å². The van der Waals surface area contributed by atoms with Crippen molar-refractivity contribution in [3.8, 4) is 33.6 Å². The highest BCUT2D eigenvalue weighted by Crippen LogP contribution is 2.39. The van der Waals surface area contributed by atoms with Gasteiger partial charge in [0.25, 0.3) is 0 Å². The summed E-state index contributed by atoms with van der Waals surface area (Å²) in [6.45, 7) is 4.37. The third-order valence-corrected chi connectivity index (χ3v) is 9.60. The number of para-hydroxylation sites is 2. The van der Waals surface area contributed by atoms with Gasteiger partial charge < -0.3 is 9.13 Å². The molecular formula is C44H32N2. The summed E-state index contributed by atoms with van der Waals surface area (Å²) in [6.07, 6.45) is 0. The summed E-state index contributed by atoms with van der Waals surface area (Å²) in [5, 5.41) is 5.04. The Morgan fingerprint density at radius 1 is 0.326 bits per heavy atom. The van der Waals surface area contributed by atoms with E-state index < -0.39 is 0 Å². The van der Waals surface area contributed by atoms with Crippen molar-refractivity contribution < 1.29 is 0 Å². The molecule has 0 aliphatic heterocycles. The predicted octanol–water partition coefficient (Wildman–Crippen LogP) is 11.8. The molecule has 9 rings (SSSR count). The van der Waals surface area contributed by atoms with Crippen LogP contribution >= 0.6 is 0 Å². The molecule has 0 aliphatic rings. The second kappa shape index (κ2) is 10.4. The van der Waals surface area contributed by atoms with Crippen LogP contribution in [0.2, 0.25) is 0 Å². The topological polar surface area (TPSA) is 9.86 Å². The molecule has 7 aromatic carbocycles. The van der Waals surface area contributed by atoms with Gasteiger partial charge in [0.05, 0.1) is 22.1 Å². The summed E-state index contributed by atoms with van der Waals surface area (Å²) in [6, 6.07) is 57.6. The van der Waals surface area contributed by atoms with E-state index in [1.807, 2.05) is 0 Å². The summed E-state index contributed by atoms with van der Waals surface area (Å²) in [7, 11) is 0. The first-order valence-corrected chi connectivity index (χ1v) is 15.9. The molecule has 2 heteroatoms. The Kier molecular flexibility index (Phi) is 5.97. The van der Waals surface area contributed by atoms with Gasteiger partial charge in [-0.05, 0) is 102 Å². The number of fused-ring (bicyclic) bond motifs is 6. The van der Waals surface area contributed by atoms with Crippen LogP contribution in [0.5, 0.6) is 0 Å². The van der Waals surface area contributed by atoms with Gasteiger partial charge in [0, 0.05) is 32.9 Å². The lowest BCUT2D eigenvalue weighted by atomic mass is 9.99. The molecule has 218 valence electrons. The van der Waals surface area contributed by atoms with Gasteiger partial charge in [0.15, 0.2) is 0 Å². The van der Waals surface area contributed by atoms with E-state index in [9.17, 15) is 0 Å². The Morgan fingerprint density at radius 2 is 0.804 bits per heavy atom. The summed E-state index contributed by atoms with van der Waals surface area (Å²) < 4.78 is 4.84. The summed E-state index contributed by atoms with van der Waals surface area (Å²) >= 11 is 0. The van der Waals surface area contributed by atoms with E-state index >= 15 is 0 Å². The van der Waals surface area contributed by atoms with Crippen LogP contribution in [0, 0.1) is 13.8 Å². The Bertz CT molecular complexity index is 2610. The molecule has 0 saturated heterocycles. The average Bonchev–Trinajstić information content (AvgIpc) is 3.61. The highest BCUT2D eigenvalue weighted by molar-refractivity contribution is 6.13. The molecule has 0 radical (unpaired) electrons. The van der Waals surface area contributed by atoms with Crippen molar-refractivity contribution in [2.24, 2.45) is 0 Å². The maximum atomic E-state index is 2.43. The first-order chi connectivity index (χ1) is 22.7. The summed E-state index contributed by atoms with van der Waals surface area (Å²) in [4.78, 5) is 0. The van der Waals surface area contributed by atoms with Crippen LogP contribution in [-0.4, -0.2) is 9.13 Å². The van der Waals surface area contributed by atoms with Crippen molar-refractivity contribution in [3.05, 3.63) is 169 Å². The number of nitrogens with zero attached hydrogens (tertiary/aromatic N) is 2. The number of hydrogen-bond acceptors (Lipinski definition) is 0. The third kappa shape index (κ3) is 4.04. The van der Waals surface area contributed by atoms with Crippen molar-refractivity contribution in [2.75, 3.05) is 0 Å². The van der Waals surface area contributed by atoms with Crippen LogP contribution in [-0.2, 0) is 0 Å². The number of rotatable bonds is 4. The molecule has 0 fully saturated rings. The largest absolute Gasteiger partial charge is 0.309 e. The SMILES string of the molecule is Cc1ccccc1-c1cccc(-n2c3ccccc3c3cc(-n4c5ccccc5c5cc(-c6ccccc6C)ccc54)ccc32)c1. The van der Waals surface area contributed by atoms with Gasteiger partial charge in [-0.2, -0.15) is 0 Å². The van der Waals surface area contributed by atoms with E-state index in [1.54, 1.807) is 0 Å². The number of aromatic nitrogens is 2. The second-order valence-electron chi connectivity index (χ2n) is 12.3. The monoisotopic (exact) mass is 588 g/mol. The van der Waals surface area contributed by atoms with Gasteiger partial charge in [0.1, 0.15) is 0 Å². The van der Waals surface area contributed by atoms with Crippen molar-refractivity contribution in [1.29, 1.82) is 0 Å². The molecule has 46 heavy (non-hydrogen) atoms. The fraction of sp³-hybridized carbons (Fsp3) is 0.0455. The number of aryl methyl sites for hydroxylation is 2. The zero-order valence-corrected chi connectivity index (χ0v) is 25.9. The molecule has 0 spiro atoms. The molecule has 0 unspecified atom stereocenters. The molecular weight excluding hydrogens is 556 g/mol. The maximum absolute atomic E-state index is 2.43. The van der Waals surface area contributed by atoms with Gasteiger partial charge in [-0.3, -0.25) is 0 Å². The van der Waals surface area contributed by atoms with Crippen LogP contribution < -0.4 is 0 Å². The molecule has 0 saturated carbocycles. The lowest BCUT2D eigenvalue weighted by Crippen LogP contribution is -1.96. The molecule has 0 bridgehead atoms. The quantitative estimate of drug-likeness (QED) is 0.194. The molecule has 2 heterocycles. The molecule has 0 N–H and O–H groups in total. The zero-order chi connectivity index (χ0) is 30.8. The van der Waals surface area contributed by atoms with Crippen molar-refractivity contribution in [1.82, 2.24) is 9.13 Å². The van der Waals surface area contributed by atoms with Crippen molar-refractivity contribution in [3.63, 3.8) is 0 Å². The highest BCUT2D eigenvalue weighted by Gasteiger charge is 2.17. The first kappa shape index (κ1) is 26.5. The van der Waals surface area contributed by atoms with Crippen LogP contribution in [0.1, 0.15) is 11.1 Å². The Balaban J connectivity index is 1.26. The molecule has 9 aromatic rings. The predicted molar refractivity (Wildman–Crippen MR) is 195 cm³/mol. The van der Waals surface area contributed by atoms with E-state index in [0.717, 1.165) is 0 Å². The second-order valence-corrected chi connectivity index (χ2v) is 12.3. The molecule has 0 amide bonds. The van der Waals surface area contributed by atoms with Crippen LogP contribution in [0.4, 0.5) is 0 Å². The highest BCUT2D eigenvalue weighted by atomic mass is 15.0. The average molecular weight is 589 g/mol. The first-order valence-electron chi connectivity index (χ1n) is 15.9. The van der Waals surface area contributed by atoms with Crippen LogP contribution in [0.25, 0.3) is 77.2 Å².